The van der Waals surface area contributed by atoms with Crippen molar-refractivity contribution in [2.75, 3.05) is 32.7 Å². The summed E-state index contributed by atoms with van der Waals surface area (Å²) in [6, 6.07) is -6.42. The second-order valence-corrected chi connectivity index (χ2v) is 19.4. The van der Waals surface area contributed by atoms with Crippen molar-refractivity contribution < 1.29 is 87.5 Å². The van der Waals surface area contributed by atoms with Gasteiger partial charge in [0.2, 0.25) is 59.1 Å². The van der Waals surface area contributed by atoms with Crippen molar-refractivity contribution in [3.05, 3.63) is 36.0 Å². The van der Waals surface area contributed by atoms with Crippen LogP contribution in [0.4, 0.5) is 0 Å². The molecule has 1 aromatic carbocycles. The van der Waals surface area contributed by atoms with E-state index in [1.54, 1.807) is 24.3 Å². The number of carboxylic acid groups (broad SMARTS) is 4. The van der Waals surface area contributed by atoms with Crippen LogP contribution in [0, 0.1) is 0 Å². The Balaban J connectivity index is 1.52. The highest BCUT2D eigenvalue weighted by Gasteiger charge is 2.42. The highest BCUT2D eigenvalue weighted by molar-refractivity contribution is 6.00. The van der Waals surface area contributed by atoms with E-state index in [2.05, 4.69) is 52.5 Å². The molecule has 0 bridgehead atoms. The molecular formula is C49H66N14O18. The monoisotopic (exact) mass is 1140 g/mol. The lowest BCUT2D eigenvalue weighted by atomic mass is 10.0. The molecule has 2 aromatic rings. The van der Waals surface area contributed by atoms with Crippen LogP contribution >= 0.6 is 0 Å². The molecule has 3 aliphatic heterocycles. The number of nitrogens with zero attached hydrogens (tertiary/aromatic N) is 3. The number of aliphatic carboxylic acids is 4. The van der Waals surface area contributed by atoms with E-state index in [0.717, 1.165) is 9.80 Å². The van der Waals surface area contributed by atoms with Gasteiger partial charge in [0.25, 0.3) is 0 Å². The lowest BCUT2D eigenvalue weighted by Crippen LogP contribution is -2.60. The number of carbonyl (C=O) groups is 14. The van der Waals surface area contributed by atoms with Crippen molar-refractivity contribution in [1.29, 1.82) is 0 Å². The van der Waals surface area contributed by atoms with Crippen LogP contribution in [0.1, 0.15) is 82.6 Å². The fourth-order valence-corrected chi connectivity index (χ4v) is 9.48. The summed E-state index contributed by atoms with van der Waals surface area (Å²) in [5.74, 6) is -17.0. The maximum absolute atomic E-state index is 14.4. The number of aromatic amines is 1. The molecule has 3 aliphatic rings. The molecule has 0 saturated carbocycles. The first-order chi connectivity index (χ1) is 38.4. The van der Waals surface area contributed by atoms with Gasteiger partial charge in [0, 0.05) is 56.0 Å². The predicted molar refractivity (Wildman–Crippen MR) is 277 cm³/mol. The molecule has 1 aromatic heterocycles. The van der Waals surface area contributed by atoms with Gasteiger partial charge in [-0.1, -0.05) is 18.2 Å². The number of hydrogen-bond donors (Lipinski definition) is 15. The summed E-state index contributed by atoms with van der Waals surface area (Å²) in [6.07, 6.45) is -3.44. The molecule has 32 nitrogen and oxygen atoms in total. The highest BCUT2D eigenvalue weighted by Crippen LogP contribution is 2.23. The number of carbonyl (C=O) groups excluding carboxylic acids is 10. The lowest BCUT2D eigenvalue weighted by molar-refractivity contribution is -0.146. The zero-order chi connectivity index (χ0) is 59.5. The smallest absolute Gasteiger partial charge is 0.305 e. The maximum atomic E-state index is 14.4. The summed E-state index contributed by atoms with van der Waals surface area (Å²) in [6.45, 7) is -2.16. The van der Waals surface area contributed by atoms with Gasteiger partial charge in [0.05, 0.1) is 25.9 Å². The van der Waals surface area contributed by atoms with E-state index in [1.165, 1.54) is 6.20 Å². The van der Waals surface area contributed by atoms with Crippen LogP contribution in [0.3, 0.4) is 0 Å². The van der Waals surface area contributed by atoms with Crippen LogP contribution in [0.5, 0.6) is 0 Å². The molecule has 32 heteroatoms. The molecule has 17 N–H and O–H groups in total. The number of benzene rings is 1. The Morgan fingerprint density at radius 3 is 1.56 bits per heavy atom. The van der Waals surface area contributed by atoms with Gasteiger partial charge in [-0.3, -0.25) is 72.1 Å². The second kappa shape index (κ2) is 29.5. The number of aliphatic imine (C=N–C) groups is 1. The summed E-state index contributed by atoms with van der Waals surface area (Å²) >= 11 is 0. The topological polar surface area (TPSA) is 503 Å². The van der Waals surface area contributed by atoms with E-state index in [0.29, 0.717) is 16.5 Å². The molecule has 0 radical (unpaired) electrons. The minimum absolute atomic E-state index is 0.00366. The number of H-pyrrole nitrogens is 1. The quantitative estimate of drug-likeness (QED) is 0.0424. The molecule has 440 valence electrons. The van der Waals surface area contributed by atoms with E-state index >= 15 is 0 Å². The van der Waals surface area contributed by atoms with Crippen LogP contribution in [-0.4, -0.2) is 205 Å². The molecule has 0 spiro atoms. The number of para-hydroxylation sites is 1. The minimum atomic E-state index is -1.93. The third-order valence-electron chi connectivity index (χ3n) is 13.4. The van der Waals surface area contributed by atoms with Gasteiger partial charge in [-0.25, -0.2) is 0 Å². The summed E-state index contributed by atoms with van der Waals surface area (Å²) < 4.78 is 0. The molecule has 81 heavy (non-hydrogen) atoms. The molecular weight excluding hydrogens is 1070 g/mol. The fourth-order valence-electron chi connectivity index (χ4n) is 9.48. The van der Waals surface area contributed by atoms with E-state index < -0.39 is 183 Å². The summed E-state index contributed by atoms with van der Waals surface area (Å²) in [7, 11) is 0. The van der Waals surface area contributed by atoms with E-state index in [9.17, 15) is 87.5 Å². The Hall–Kier alpha value is -9.39. The van der Waals surface area contributed by atoms with Gasteiger partial charge < -0.3 is 89.2 Å². The predicted octanol–water partition coefficient (Wildman–Crippen LogP) is -5.42. The summed E-state index contributed by atoms with van der Waals surface area (Å²) in [5.41, 5.74) is 11.9. The number of hydrogen-bond acceptors (Lipinski definition) is 15. The SMILES string of the molecule is NC(N)=NCCC[C@@H]1NC(=O)[C@H](CC(=O)O)NC(=O)CNC(=O)[C@@H]2CCCN2C(=O)[C@H](CC(=O)O)NC(=O)[C@H](Cc2c[nH]c3ccccc23)NC(=O)[C@H](CCC(=O)O)NC(=O)CNC(=O)[C@@H]2CCCN2C(=O)[C@H](CCC(=O)O)NC1=O. The van der Waals surface area contributed by atoms with Crippen LogP contribution in [0.2, 0.25) is 0 Å². The van der Waals surface area contributed by atoms with Crippen molar-refractivity contribution in [2.45, 2.75) is 132 Å². The van der Waals surface area contributed by atoms with Crippen molar-refractivity contribution in [3.63, 3.8) is 0 Å². The summed E-state index contributed by atoms with van der Waals surface area (Å²) in [5, 5.41) is 58.2. The van der Waals surface area contributed by atoms with Crippen LogP contribution in [0.15, 0.2) is 35.5 Å². The average Bonchev–Trinajstić information content (AvgIpc) is 4.20. The Bertz CT molecular complexity index is 2780. The molecule has 5 rings (SSSR count). The Labute approximate surface area is 460 Å². The standard InChI is InChI=1S/C49H66N14O18/c50-49(51)52-15-3-8-27-41(74)59-29(12-14-38(68)69)47(80)62-16-4-9-33(62)45(78)54-22-35(64)56-28(11-13-37(66)67)42(75)60-30(18-24-21-53-26-7-2-1-6-25(24)26)43(76)61-32(20-40(72)73)48(81)63-17-5-10-34(63)46(79)55-23-36(65)57-31(19-39(70)71)44(77)58-27/h1-2,6-7,21,27-34,53H,3-5,8-20,22-23H2,(H,54,78)(H,55,79)(H,56,64)(H,57,65)(H,58,77)(H,59,74)(H,60,75)(H,61,76)(H,66,67)(H,68,69)(H,70,71)(H,72,73)(H4,50,51,52)/t27-,28-,29-,30-,31-,32-,33-,34-/m0/s1. The molecule has 0 unspecified atom stereocenters. The van der Waals surface area contributed by atoms with Crippen molar-refractivity contribution in [3.8, 4) is 0 Å². The molecule has 8 atom stereocenters. The second-order valence-electron chi connectivity index (χ2n) is 19.4. The molecule has 4 heterocycles. The largest absolute Gasteiger partial charge is 0.481 e. The average molecular weight is 1140 g/mol. The Kier molecular flexibility index (Phi) is 22.8. The molecule has 3 saturated heterocycles. The maximum Gasteiger partial charge on any atom is 0.305 e. The van der Waals surface area contributed by atoms with Crippen LogP contribution in [0.25, 0.3) is 10.9 Å². The Morgan fingerprint density at radius 2 is 1.00 bits per heavy atom. The van der Waals surface area contributed by atoms with Crippen molar-refractivity contribution in [1.82, 2.24) is 57.3 Å². The fraction of sp³-hybridized carbons (Fsp3) is 0.531. The number of fused-ring (bicyclic) bond motifs is 3. The van der Waals surface area contributed by atoms with Crippen LogP contribution < -0.4 is 54.0 Å². The van der Waals surface area contributed by atoms with Gasteiger partial charge in [-0.05, 0) is 63.0 Å². The Morgan fingerprint density at radius 1 is 0.543 bits per heavy atom. The number of amides is 10. The third-order valence-corrected chi connectivity index (χ3v) is 13.4. The number of carboxylic acids is 4. The highest BCUT2D eigenvalue weighted by atomic mass is 16.4. The first-order valence-electron chi connectivity index (χ1n) is 25.9. The number of guanidine groups is 1. The van der Waals surface area contributed by atoms with Crippen molar-refractivity contribution in [2.24, 2.45) is 16.5 Å². The molecule has 3 fully saturated rings. The van der Waals surface area contributed by atoms with Gasteiger partial charge in [0.15, 0.2) is 5.96 Å². The lowest BCUT2D eigenvalue weighted by Gasteiger charge is -2.30. The van der Waals surface area contributed by atoms with E-state index in [4.69, 9.17) is 11.5 Å². The van der Waals surface area contributed by atoms with Crippen LogP contribution in [-0.2, 0) is 73.5 Å². The number of nitrogens with one attached hydrogen (secondary N) is 9. The summed E-state index contributed by atoms with van der Waals surface area (Å²) in [4.78, 5) is 196. The molecule has 10 amide bonds. The van der Waals surface area contributed by atoms with E-state index in [1.807, 2.05) is 0 Å². The number of rotatable bonds is 16. The van der Waals surface area contributed by atoms with Gasteiger partial charge >= 0.3 is 23.9 Å². The zero-order valence-electron chi connectivity index (χ0n) is 43.7. The molecule has 0 aliphatic carbocycles. The number of nitrogens with two attached hydrogens (primary N) is 2. The van der Waals surface area contributed by atoms with Gasteiger partial charge in [-0.15, -0.1) is 0 Å². The van der Waals surface area contributed by atoms with E-state index in [-0.39, 0.29) is 70.5 Å². The number of aromatic nitrogens is 1. The normalized spacial score (nSPS) is 24.4. The first kappa shape index (κ1) is 62.5. The van der Waals surface area contributed by atoms with Gasteiger partial charge in [-0.2, -0.15) is 0 Å². The first-order valence-corrected chi connectivity index (χ1v) is 25.9. The zero-order valence-corrected chi connectivity index (χ0v) is 43.7. The van der Waals surface area contributed by atoms with Crippen molar-refractivity contribution >= 4 is 99.8 Å². The van der Waals surface area contributed by atoms with Gasteiger partial charge in [0.1, 0.15) is 48.3 Å². The third kappa shape index (κ3) is 18.6. The minimum Gasteiger partial charge on any atom is -0.481 e.